The molecule has 6 heteroatoms. The summed E-state index contributed by atoms with van der Waals surface area (Å²) in [6, 6.07) is 3.54. The van der Waals surface area contributed by atoms with E-state index in [0.29, 0.717) is 12.1 Å². The maximum absolute atomic E-state index is 12.6. The molecule has 0 unspecified atom stereocenters. The maximum Gasteiger partial charge on any atom is 0.416 e. The highest BCUT2D eigenvalue weighted by Crippen LogP contribution is 2.33. The number of hydrogen-bond acceptors (Lipinski definition) is 2. The Labute approximate surface area is 102 Å². The van der Waals surface area contributed by atoms with Crippen molar-refractivity contribution in [1.29, 1.82) is 0 Å². The molecule has 0 aromatic heterocycles. The van der Waals surface area contributed by atoms with Gasteiger partial charge in [0.15, 0.2) is 0 Å². The fourth-order valence-electron chi connectivity index (χ4n) is 1.87. The van der Waals surface area contributed by atoms with E-state index < -0.39 is 11.7 Å². The summed E-state index contributed by atoms with van der Waals surface area (Å²) >= 11 is 5.73. The summed E-state index contributed by atoms with van der Waals surface area (Å²) in [4.78, 5) is 0. The number of nitrogens with one attached hydrogen (secondary N) is 2. The molecular weight excluding hydrogens is 253 g/mol. The molecule has 0 saturated carbocycles. The molecule has 1 heterocycles. The van der Waals surface area contributed by atoms with Gasteiger partial charge in [-0.05, 0) is 23.8 Å². The van der Waals surface area contributed by atoms with Crippen LogP contribution in [-0.4, -0.2) is 19.6 Å². The summed E-state index contributed by atoms with van der Waals surface area (Å²) < 4.78 is 37.9. The van der Waals surface area contributed by atoms with Gasteiger partial charge in [-0.3, -0.25) is 0 Å². The lowest BCUT2D eigenvalue weighted by Gasteiger charge is -2.25. The molecule has 2 nitrogen and oxygen atoms in total. The van der Waals surface area contributed by atoms with E-state index in [4.69, 9.17) is 11.6 Å². The summed E-state index contributed by atoms with van der Waals surface area (Å²) in [5.41, 5.74) is -0.135. The second-order valence-corrected chi connectivity index (χ2v) is 4.42. The molecule has 1 aromatic rings. The molecule has 0 aliphatic carbocycles. The van der Waals surface area contributed by atoms with Crippen molar-refractivity contribution < 1.29 is 13.2 Å². The number of alkyl halides is 3. The van der Waals surface area contributed by atoms with E-state index in [1.165, 1.54) is 0 Å². The van der Waals surface area contributed by atoms with E-state index in [-0.39, 0.29) is 11.1 Å². The first-order valence-corrected chi connectivity index (χ1v) is 5.66. The van der Waals surface area contributed by atoms with Crippen LogP contribution in [-0.2, 0) is 6.18 Å². The van der Waals surface area contributed by atoms with Crippen LogP contribution in [0.4, 0.5) is 13.2 Å². The van der Waals surface area contributed by atoms with Gasteiger partial charge >= 0.3 is 6.18 Å². The monoisotopic (exact) mass is 264 g/mol. The van der Waals surface area contributed by atoms with Crippen LogP contribution in [0.15, 0.2) is 18.2 Å². The fraction of sp³-hybridized carbons (Fsp3) is 0.455. The van der Waals surface area contributed by atoms with Crippen molar-refractivity contribution in [3.63, 3.8) is 0 Å². The highest BCUT2D eigenvalue weighted by atomic mass is 35.5. The predicted octanol–water partition coefficient (Wildman–Crippen LogP) is 2.59. The Morgan fingerprint density at radius 3 is 2.53 bits per heavy atom. The van der Waals surface area contributed by atoms with Crippen LogP contribution in [0.5, 0.6) is 0 Å². The predicted molar refractivity (Wildman–Crippen MR) is 60.1 cm³/mol. The first kappa shape index (κ1) is 12.7. The van der Waals surface area contributed by atoms with Crippen molar-refractivity contribution in [2.45, 2.75) is 12.2 Å². The molecule has 0 radical (unpaired) electrons. The molecule has 2 rings (SSSR count). The zero-order valence-corrected chi connectivity index (χ0v) is 9.70. The summed E-state index contributed by atoms with van der Waals surface area (Å²) in [6.07, 6.45) is -4.36. The van der Waals surface area contributed by atoms with Gasteiger partial charge in [-0.15, -0.1) is 0 Å². The van der Waals surface area contributed by atoms with Crippen molar-refractivity contribution in [3.8, 4) is 0 Å². The quantitative estimate of drug-likeness (QED) is 0.815. The van der Waals surface area contributed by atoms with E-state index in [0.717, 1.165) is 25.2 Å². The molecule has 1 saturated heterocycles. The van der Waals surface area contributed by atoms with Crippen molar-refractivity contribution in [2.75, 3.05) is 19.6 Å². The number of halogens is 4. The van der Waals surface area contributed by atoms with Gasteiger partial charge in [-0.2, -0.15) is 13.2 Å². The van der Waals surface area contributed by atoms with Gasteiger partial charge in [-0.1, -0.05) is 11.6 Å². The summed E-state index contributed by atoms with van der Waals surface area (Å²) in [6.45, 7) is 2.17. The van der Waals surface area contributed by atoms with Crippen molar-refractivity contribution in [1.82, 2.24) is 10.6 Å². The Morgan fingerprint density at radius 1 is 1.18 bits per heavy atom. The molecule has 1 aromatic carbocycles. The molecular formula is C11H12ClF3N2. The number of hydrogen-bond donors (Lipinski definition) is 2. The molecule has 1 fully saturated rings. The Kier molecular flexibility index (Phi) is 3.61. The highest BCUT2D eigenvalue weighted by molar-refractivity contribution is 6.30. The third kappa shape index (κ3) is 3.12. The Hall–Kier alpha value is -0.780. The van der Waals surface area contributed by atoms with Crippen LogP contribution in [0.2, 0.25) is 5.02 Å². The first-order valence-electron chi connectivity index (χ1n) is 5.28. The minimum Gasteiger partial charge on any atom is -0.314 e. The topological polar surface area (TPSA) is 24.1 Å². The Balaban J connectivity index is 2.31. The largest absolute Gasteiger partial charge is 0.416 e. The molecule has 0 spiro atoms. The van der Waals surface area contributed by atoms with Gasteiger partial charge in [0, 0.05) is 30.7 Å². The molecule has 1 aliphatic rings. The Morgan fingerprint density at radius 2 is 1.94 bits per heavy atom. The fourth-order valence-corrected chi connectivity index (χ4v) is 2.11. The standard InChI is InChI=1S/C11H12ClF3N2/c12-9-4-7(10-6-16-1-2-17-10)3-8(5-9)11(13,14)15/h3-5,10,16-17H,1-2,6H2/t10-/m0/s1. The van der Waals surface area contributed by atoms with Gasteiger partial charge in [0.25, 0.3) is 0 Å². The first-order chi connectivity index (χ1) is 7.97. The second-order valence-electron chi connectivity index (χ2n) is 3.98. The SMILES string of the molecule is FC(F)(F)c1cc(Cl)cc([C@@H]2CNCCN2)c1. The van der Waals surface area contributed by atoms with Gasteiger partial charge in [0.1, 0.15) is 0 Å². The third-order valence-electron chi connectivity index (χ3n) is 2.69. The minimum absolute atomic E-state index is 0.113. The van der Waals surface area contributed by atoms with E-state index in [9.17, 15) is 13.2 Å². The minimum atomic E-state index is -4.36. The molecule has 1 atom stereocenters. The van der Waals surface area contributed by atoms with Crippen LogP contribution in [0.1, 0.15) is 17.2 Å². The lowest BCUT2D eigenvalue weighted by molar-refractivity contribution is -0.137. The lowest BCUT2D eigenvalue weighted by atomic mass is 10.0. The van der Waals surface area contributed by atoms with Crippen LogP contribution >= 0.6 is 11.6 Å². The molecule has 17 heavy (non-hydrogen) atoms. The van der Waals surface area contributed by atoms with Crippen LogP contribution < -0.4 is 10.6 Å². The third-order valence-corrected chi connectivity index (χ3v) is 2.91. The number of rotatable bonds is 1. The molecule has 2 N–H and O–H groups in total. The van der Waals surface area contributed by atoms with Crippen molar-refractivity contribution in [2.24, 2.45) is 0 Å². The summed E-state index contributed by atoms with van der Waals surface area (Å²) in [5.74, 6) is 0. The van der Waals surface area contributed by atoms with Crippen LogP contribution in [0.25, 0.3) is 0 Å². The second kappa shape index (κ2) is 4.84. The maximum atomic E-state index is 12.6. The van der Waals surface area contributed by atoms with E-state index in [1.807, 2.05) is 0 Å². The van der Waals surface area contributed by atoms with Gasteiger partial charge in [0.05, 0.1) is 5.56 Å². The zero-order valence-electron chi connectivity index (χ0n) is 8.94. The molecule has 1 aliphatic heterocycles. The van der Waals surface area contributed by atoms with E-state index >= 15 is 0 Å². The lowest BCUT2D eigenvalue weighted by Crippen LogP contribution is -2.42. The van der Waals surface area contributed by atoms with Gasteiger partial charge < -0.3 is 10.6 Å². The Bertz CT molecular complexity index is 400. The van der Waals surface area contributed by atoms with E-state index in [1.54, 1.807) is 6.07 Å². The van der Waals surface area contributed by atoms with Crippen molar-refractivity contribution >= 4 is 11.6 Å². The summed E-state index contributed by atoms with van der Waals surface area (Å²) in [7, 11) is 0. The number of piperazine rings is 1. The van der Waals surface area contributed by atoms with Crippen LogP contribution in [0.3, 0.4) is 0 Å². The zero-order chi connectivity index (χ0) is 12.5. The highest BCUT2D eigenvalue weighted by Gasteiger charge is 2.31. The van der Waals surface area contributed by atoms with Gasteiger partial charge in [0.2, 0.25) is 0 Å². The molecule has 94 valence electrons. The molecule has 0 bridgehead atoms. The van der Waals surface area contributed by atoms with Crippen LogP contribution in [0, 0.1) is 0 Å². The number of benzene rings is 1. The normalized spacial score (nSPS) is 21.5. The van der Waals surface area contributed by atoms with Crippen molar-refractivity contribution in [3.05, 3.63) is 34.3 Å². The van der Waals surface area contributed by atoms with Gasteiger partial charge in [-0.25, -0.2) is 0 Å². The summed E-state index contributed by atoms with van der Waals surface area (Å²) in [5, 5.41) is 6.39. The smallest absolute Gasteiger partial charge is 0.314 e. The molecule has 0 amide bonds. The average molecular weight is 265 g/mol. The van der Waals surface area contributed by atoms with E-state index in [2.05, 4.69) is 10.6 Å². The average Bonchev–Trinajstić information content (AvgIpc) is 2.28.